The number of methoxy groups -OCH3 is 1. The number of aromatic nitrogens is 2. The maximum absolute atomic E-state index is 9.31. The first-order valence-corrected chi connectivity index (χ1v) is 11.5. The van der Waals surface area contributed by atoms with Gasteiger partial charge in [-0.25, -0.2) is 15.0 Å². The molecule has 1 aliphatic rings. The lowest BCUT2D eigenvalue weighted by atomic mass is 9.89. The number of nitrogens with zero attached hydrogens (tertiary/aromatic N) is 5. The molecule has 0 spiro atoms. The van der Waals surface area contributed by atoms with Crippen molar-refractivity contribution in [3.63, 3.8) is 0 Å². The molecule has 35 heavy (non-hydrogen) atoms. The number of nitrogens with two attached hydrogens (primary N) is 1. The minimum Gasteiger partial charge on any atom is -0.496 e. The van der Waals surface area contributed by atoms with Gasteiger partial charge in [0.2, 0.25) is 0 Å². The molecule has 3 N–H and O–H groups in total. The molecule has 2 aromatic carbocycles. The third-order valence-corrected chi connectivity index (χ3v) is 5.97. The largest absolute Gasteiger partial charge is 0.496 e. The van der Waals surface area contributed by atoms with E-state index in [0.29, 0.717) is 13.0 Å². The first-order valence-electron chi connectivity index (χ1n) is 11.5. The van der Waals surface area contributed by atoms with E-state index in [4.69, 9.17) is 10.5 Å². The van der Waals surface area contributed by atoms with Crippen molar-refractivity contribution in [1.29, 1.82) is 5.26 Å². The standard InChI is InChI=1S/C27H29N7O/c1-5-18-11-23-21(13-24(18)35-4)22(31-16-32-23)10-17-7-6-8-19(9-17)33-26(29)34-20-12-25(30-14-20)27(2,3)15-28/h6-9,11-13,16H,5,10,14H2,1-4H3,(H3,29,33,34). The van der Waals surface area contributed by atoms with Crippen LogP contribution in [-0.2, 0) is 12.8 Å². The Balaban J connectivity index is 1.53. The number of aryl methyl sites for hydroxylation is 1. The van der Waals surface area contributed by atoms with Crippen molar-refractivity contribution in [2.75, 3.05) is 13.7 Å². The van der Waals surface area contributed by atoms with Gasteiger partial charge < -0.3 is 15.8 Å². The number of guanidine groups is 1. The summed E-state index contributed by atoms with van der Waals surface area (Å²) < 4.78 is 5.58. The molecule has 0 radical (unpaired) electrons. The normalized spacial score (nSPS) is 13.9. The third kappa shape index (κ3) is 5.30. The van der Waals surface area contributed by atoms with Crippen LogP contribution in [0.1, 0.15) is 37.6 Å². The lowest BCUT2D eigenvalue weighted by molar-refractivity contribution is 0.411. The van der Waals surface area contributed by atoms with E-state index in [9.17, 15) is 5.26 Å². The number of rotatable bonds is 7. The average Bonchev–Trinajstić information content (AvgIpc) is 3.33. The van der Waals surface area contributed by atoms with Gasteiger partial charge in [-0.3, -0.25) is 4.99 Å². The second kappa shape index (κ2) is 9.94. The summed E-state index contributed by atoms with van der Waals surface area (Å²) in [5, 5.41) is 13.4. The van der Waals surface area contributed by atoms with E-state index < -0.39 is 5.41 Å². The Kier molecular flexibility index (Phi) is 6.78. The molecule has 0 saturated carbocycles. The molecule has 0 fully saturated rings. The third-order valence-electron chi connectivity index (χ3n) is 5.97. The molecule has 0 bridgehead atoms. The van der Waals surface area contributed by atoms with E-state index in [2.05, 4.69) is 44.3 Å². The summed E-state index contributed by atoms with van der Waals surface area (Å²) in [5.41, 5.74) is 11.8. The van der Waals surface area contributed by atoms with E-state index in [1.54, 1.807) is 13.4 Å². The number of benzene rings is 2. The Bertz CT molecular complexity index is 1400. The predicted octanol–water partition coefficient (Wildman–Crippen LogP) is 4.22. The van der Waals surface area contributed by atoms with Gasteiger partial charge in [-0.1, -0.05) is 19.1 Å². The molecular formula is C27H29N7O. The van der Waals surface area contributed by atoms with Crippen LogP contribution in [-0.4, -0.2) is 35.3 Å². The Hall–Kier alpha value is -4.25. The molecule has 178 valence electrons. The van der Waals surface area contributed by atoms with E-state index in [1.807, 2.05) is 50.3 Å². The molecule has 1 aromatic heterocycles. The summed E-state index contributed by atoms with van der Waals surface area (Å²) in [6.07, 6.45) is 4.96. The summed E-state index contributed by atoms with van der Waals surface area (Å²) in [6, 6.07) is 14.2. The van der Waals surface area contributed by atoms with Crippen molar-refractivity contribution in [3.8, 4) is 11.8 Å². The fourth-order valence-electron chi connectivity index (χ4n) is 3.99. The van der Waals surface area contributed by atoms with Crippen molar-refractivity contribution in [3.05, 3.63) is 71.3 Å². The Morgan fingerprint density at radius 2 is 2.09 bits per heavy atom. The van der Waals surface area contributed by atoms with E-state index in [1.165, 1.54) is 0 Å². The molecular weight excluding hydrogens is 438 g/mol. The number of fused-ring (bicyclic) bond motifs is 1. The molecule has 4 rings (SSSR count). The predicted molar refractivity (Wildman–Crippen MR) is 139 cm³/mol. The first-order chi connectivity index (χ1) is 16.8. The molecule has 2 heterocycles. The van der Waals surface area contributed by atoms with E-state index >= 15 is 0 Å². The van der Waals surface area contributed by atoms with E-state index in [-0.39, 0.29) is 5.96 Å². The SMILES string of the molecule is CCc1cc2ncnc(Cc3cccc(N=C(N)NC4=CC(C(C)(C)C#N)=NC4)c3)c2cc1OC. The molecule has 8 heteroatoms. The highest BCUT2D eigenvalue weighted by Crippen LogP contribution is 2.28. The highest BCUT2D eigenvalue weighted by atomic mass is 16.5. The molecule has 0 amide bonds. The van der Waals surface area contributed by atoms with Crippen molar-refractivity contribution >= 4 is 28.3 Å². The minimum atomic E-state index is -0.642. The van der Waals surface area contributed by atoms with Gasteiger partial charge in [0.15, 0.2) is 5.96 Å². The Morgan fingerprint density at radius 1 is 1.26 bits per heavy atom. The first kappa shape index (κ1) is 23.9. The van der Waals surface area contributed by atoms with Crippen molar-refractivity contribution in [1.82, 2.24) is 15.3 Å². The highest BCUT2D eigenvalue weighted by molar-refractivity contribution is 6.03. The van der Waals surface area contributed by atoms with Crippen LogP contribution in [0.5, 0.6) is 5.75 Å². The second-order valence-corrected chi connectivity index (χ2v) is 8.93. The summed E-state index contributed by atoms with van der Waals surface area (Å²) in [7, 11) is 1.68. The van der Waals surface area contributed by atoms with Gasteiger partial charge in [-0.05, 0) is 61.7 Å². The molecule has 0 aliphatic carbocycles. The monoisotopic (exact) mass is 467 g/mol. The number of ether oxygens (including phenoxy) is 1. The lowest BCUT2D eigenvalue weighted by Gasteiger charge is -2.12. The van der Waals surface area contributed by atoms with Crippen LogP contribution in [0.2, 0.25) is 0 Å². The number of hydrogen-bond donors (Lipinski definition) is 2. The Morgan fingerprint density at radius 3 is 2.83 bits per heavy atom. The zero-order chi connectivity index (χ0) is 25.0. The van der Waals surface area contributed by atoms with Crippen LogP contribution in [0.15, 0.2) is 64.5 Å². The number of nitrogens with one attached hydrogen (secondary N) is 1. The summed E-state index contributed by atoms with van der Waals surface area (Å²) >= 11 is 0. The maximum atomic E-state index is 9.31. The van der Waals surface area contributed by atoms with Gasteiger partial charge in [0.05, 0.1) is 47.7 Å². The zero-order valence-corrected chi connectivity index (χ0v) is 20.5. The highest BCUT2D eigenvalue weighted by Gasteiger charge is 2.26. The van der Waals surface area contributed by atoms with Crippen LogP contribution >= 0.6 is 0 Å². The number of aliphatic imine (C=N–C) groups is 2. The molecule has 3 aromatic rings. The number of hydrogen-bond acceptors (Lipinski definition) is 6. The quantitative estimate of drug-likeness (QED) is 0.396. The van der Waals surface area contributed by atoms with Gasteiger partial charge in [0, 0.05) is 17.5 Å². The second-order valence-electron chi connectivity index (χ2n) is 8.93. The molecule has 1 aliphatic heterocycles. The van der Waals surface area contributed by atoms with Crippen molar-refractivity contribution < 1.29 is 4.74 Å². The minimum absolute atomic E-state index is 0.268. The van der Waals surface area contributed by atoms with Gasteiger partial charge in [0.1, 0.15) is 12.1 Å². The maximum Gasteiger partial charge on any atom is 0.198 e. The average molecular weight is 468 g/mol. The molecule has 0 unspecified atom stereocenters. The summed E-state index contributed by atoms with van der Waals surface area (Å²) in [5.74, 6) is 1.11. The van der Waals surface area contributed by atoms with Crippen LogP contribution < -0.4 is 15.8 Å². The van der Waals surface area contributed by atoms with Gasteiger partial charge in [-0.15, -0.1) is 0 Å². The number of allylic oxidation sites excluding steroid dienone is 1. The van der Waals surface area contributed by atoms with Gasteiger partial charge >= 0.3 is 0 Å². The van der Waals surface area contributed by atoms with Crippen molar-refractivity contribution in [2.24, 2.45) is 21.1 Å². The zero-order valence-electron chi connectivity index (χ0n) is 20.5. The van der Waals surface area contributed by atoms with Crippen LogP contribution in [0.3, 0.4) is 0 Å². The van der Waals surface area contributed by atoms with Crippen LogP contribution in [0.4, 0.5) is 5.69 Å². The molecule has 0 atom stereocenters. The smallest absolute Gasteiger partial charge is 0.198 e. The van der Waals surface area contributed by atoms with E-state index in [0.717, 1.165) is 57.0 Å². The van der Waals surface area contributed by atoms with Gasteiger partial charge in [0.25, 0.3) is 0 Å². The summed E-state index contributed by atoms with van der Waals surface area (Å²) in [4.78, 5) is 18.0. The fraction of sp³-hybridized carbons (Fsp3) is 0.296. The van der Waals surface area contributed by atoms with Crippen molar-refractivity contribution in [2.45, 2.75) is 33.6 Å². The summed E-state index contributed by atoms with van der Waals surface area (Å²) in [6.45, 7) is 6.23. The number of nitriles is 1. The fourth-order valence-corrected chi connectivity index (χ4v) is 3.99. The topological polar surface area (TPSA) is 122 Å². The molecule has 0 saturated heterocycles. The van der Waals surface area contributed by atoms with Gasteiger partial charge in [-0.2, -0.15) is 5.26 Å². The van der Waals surface area contributed by atoms with Crippen LogP contribution in [0, 0.1) is 16.7 Å². The van der Waals surface area contributed by atoms with Crippen LogP contribution in [0.25, 0.3) is 10.9 Å². The lowest BCUT2D eigenvalue weighted by Crippen LogP contribution is -2.31. The molecule has 8 nitrogen and oxygen atoms in total. The Labute approximate surface area is 205 Å².